The minimum absolute atomic E-state index is 0.259. The van der Waals surface area contributed by atoms with Gasteiger partial charge < -0.3 is 9.73 Å². The Morgan fingerprint density at radius 1 is 1.00 bits per heavy atom. The third-order valence-electron chi connectivity index (χ3n) is 3.34. The van der Waals surface area contributed by atoms with E-state index in [-0.39, 0.29) is 5.22 Å². The van der Waals surface area contributed by atoms with Gasteiger partial charge in [-0.15, -0.1) is 10.2 Å². The van der Waals surface area contributed by atoms with Gasteiger partial charge in [-0.1, -0.05) is 48.2 Å². The molecule has 0 bridgehead atoms. The van der Waals surface area contributed by atoms with E-state index in [9.17, 15) is 9.59 Å². The van der Waals surface area contributed by atoms with Gasteiger partial charge in [0.05, 0.1) is 5.25 Å². The van der Waals surface area contributed by atoms with Crippen molar-refractivity contribution in [2.45, 2.75) is 17.4 Å². The maximum atomic E-state index is 12.1. The van der Waals surface area contributed by atoms with Crippen molar-refractivity contribution in [1.82, 2.24) is 15.5 Å². The molecule has 1 aromatic heterocycles. The molecule has 1 atom stereocenters. The van der Waals surface area contributed by atoms with E-state index >= 15 is 0 Å². The van der Waals surface area contributed by atoms with E-state index in [2.05, 4.69) is 20.8 Å². The molecule has 1 unspecified atom stereocenters. The first-order chi connectivity index (χ1) is 12.6. The fourth-order valence-corrected chi connectivity index (χ4v) is 2.74. The van der Waals surface area contributed by atoms with E-state index in [1.807, 2.05) is 36.4 Å². The van der Waals surface area contributed by atoms with Crippen molar-refractivity contribution < 1.29 is 14.0 Å². The van der Waals surface area contributed by atoms with Crippen LogP contribution in [0.3, 0.4) is 0 Å². The molecule has 0 spiro atoms. The molecule has 2 N–H and O–H groups in total. The summed E-state index contributed by atoms with van der Waals surface area (Å²) in [6.07, 6.45) is 0. The number of nitrogens with one attached hydrogen (secondary N) is 2. The summed E-state index contributed by atoms with van der Waals surface area (Å²) < 4.78 is 5.55. The van der Waals surface area contributed by atoms with Gasteiger partial charge >= 0.3 is 6.03 Å². The molecule has 26 heavy (non-hydrogen) atoms. The number of carbonyl (C=O) groups excluding carboxylic acids is 2. The first-order valence-corrected chi connectivity index (χ1v) is 8.72. The number of para-hydroxylation sites is 1. The highest BCUT2D eigenvalue weighted by molar-refractivity contribution is 8.00. The number of amides is 3. The molecule has 1 heterocycles. The van der Waals surface area contributed by atoms with Gasteiger partial charge in [0.1, 0.15) is 0 Å². The summed E-state index contributed by atoms with van der Waals surface area (Å²) in [7, 11) is 0. The molecule has 132 valence electrons. The van der Waals surface area contributed by atoms with Crippen molar-refractivity contribution in [1.29, 1.82) is 0 Å². The van der Waals surface area contributed by atoms with Crippen LogP contribution in [0.15, 0.2) is 70.3 Å². The third-order valence-corrected chi connectivity index (χ3v) is 4.28. The van der Waals surface area contributed by atoms with Gasteiger partial charge in [-0.2, -0.15) is 0 Å². The standard InChI is InChI=1S/C18H16N4O3S/c1-12(15(23)20-17(24)19-14-10-6-3-7-11-14)26-18-22-21-16(25-18)13-8-4-2-5-9-13/h2-12H,1H3,(H2,19,20,23,24). The van der Waals surface area contributed by atoms with Crippen LogP contribution >= 0.6 is 11.8 Å². The van der Waals surface area contributed by atoms with Crippen LogP contribution in [0.2, 0.25) is 0 Å². The van der Waals surface area contributed by atoms with Crippen molar-refractivity contribution in [2.75, 3.05) is 5.32 Å². The molecule has 0 saturated heterocycles. The second-order valence-corrected chi connectivity index (χ2v) is 6.60. The van der Waals surface area contributed by atoms with Crippen molar-refractivity contribution in [3.8, 4) is 11.5 Å². The van der Waals surface area contributed by atoms with Gasteiger partial charge in [0.15, 0.2) is 0 Å². The van der Waals surface area contributed by atoms with Gasteiger partial charge in [-0.3, -0.25) is 10.1 Å². The Balaban J connectivity index is 1.54. The second-order valence-electron chi connectivity index (χ2n) is 5.31. The van der Waals surface area contributed by atoms with Crippen molar-refractivity contribution in [3.63, 3.8) is 0 Å². The molecule has 2 aromatic carbocycles. The third kappa shape index (κ3) is 4.70. The fourth-order valence-electron chi connectivity index (χ4n) is 2.06. The molecule has 0 saturated carbocycles. The number of nitrogens with zero attached hydrogens (tertiary/aromatic N) is 2. The second kappa shape index (κ2) is 8.30. The van der Waals surface area contributed by atoms with Gasteiger partial charge in [-0.05, 0) is 31.2 Å². The Bertz CT molecular complexity index is 884. The lowest BCUT2D eigenvalue weighted by Gasteiger charge is -2.10. The summed E-state index contributed by atoms with van der Waals surface area (Å²) >= 11 is 1.08. The summed E-state index contributed by atoms with van der Waals surface area (Å²) in [5, 5.41) is 12.4. The van der Waals surface area contributed by atoms with Gasteiger partial charge in [0, 0.05) is 11.3 Å². The van der Waals surface area contributed by atoms with Crippen LogP contribution in [0.4, 0.5) is 10.5 Å². The van der Waals surface area contributed by atoms with Crippen molar-refractivity contribution in [3.05, 3.63) is 60.7 Å². The van der Waals surface area contributed by atoms with Gasteiger partial charge in [-0.25, -0.2) is 4.79 Å². The van der Waals surface area contributed by atoms with Crippen LogP contribution in [0, 0.1) is 0 Å². The lowest BCUT2D eigenvalue weighted by atomic mass is 10.2. The van der Waals surface area contributed by atoms with E-state index in [0.717, 1.165) is 17.3 Å². The number of hydrogen-bond donors (Lipinski definition) is 2. The first-order valence-electron chi connectivity index (χ1n) is 7.84. The summed E-state index contributed by atoms with van der Waals surface area (Å²) in [5.74, 6) is -0.0783. The number of carbonyl (C=O) groups is 2. The van der Waals surface area contributed by atoms with E-state index < -0.39 is 17.2 Å². The lowest BCUT2D eigenvalue weighted by molar-refractivity contribution is -0.119. The number of benzene rings is 2. The predicted molar refractivity (Wildman–Crippen MR) is 98.7 cm³/mol. The topological polar surface area (TPSA) is 97.1 Å². The smallest absolute Gasteiger partial charge is 0.325 e. The maximum absolute atomic E-state index is 12.1. The molecule has 3 aromatic rings. The monoisotopic (exact) mass is 368 g/mol. The SMILES string of the molecule is CC(Sc1nnc(-c2ccccc2)o1)C(=O)NC(=O)Nc1ccccc1. The molecule has 0 radical (unpaired) electrons. The molecule has 0 aliphatic rings. The Morgan fingerprint density at radius 2 is 1.65 bits per heavy atom. The Morgan fingerprint density at radius 3 is 2.35 bits per heavy atom. The highest BCUT2D eigenvalue weighted by atomic mass is 32.2. The van der Waals surface area contributed by atoms with Crippen LogP contribution in [0.5, 0.6) is 0 Å². The molecule has 0 aliphatic carbocycles. The largest absolute Gasteiger partial charge is 0.411 e. The van der Waals surface area contributed by atoms with E-state index in [1.165, 1.54) is 0 Å². The molecule has 0 fully saturated rings. The number of anilines is 1. The van der Waals surface area contributed by atoms with E-state index in [4.69, 9.17) is 4.42 Å². The minimum atomic E-state index is -0.593. The van der Waals surface area contributed by atoms with E-state index in [1.54, 1.807) is 31.2 Å². The maximum Gasteiger partial charge on any atom is 0.325 e. The van der Waals surface area contributed by atoms with Crippen molar-refractivity contribution in [2.24, 2.45) is 0 Å². The van der Waals surface area contributed by atoms with Gasteiger partial charge in [0.2, 0.25) is 11.8 Å². The summed E-state index contributed by atoms with van der Waals surface area (Å²) in [6, 6.07) is 17.6. The Labute approximate surface area is 154 Å². The van der Waals surface area contributed by atoms with Gasteiger partial charge in [0.25, 0.3) is 5.22 Å². The van der Waals surface area contributed by atoms with Crippen molar-refractivity contribution >= 4 is 29.4 Å². The molecule has 0 aliphatic heterocycles. The number of urea groups is 1. The zero-order valence-corrected chi connectivity index (χ0v) is 14.7. The fraction of sp³-hybridized carbons (Fsp3) is 0.111. The minimum Gasteiger partial charge on any atom is -0.411 e. The number of aromatic nitrogens is 2. The predicted octanol–water partition coefficient (Wildman–Crippen LogP) is 3.57. The van der Waals surface area contributed by atoms with Crippen LogP contribution < -0.4 is 10.6 Å². The molecular formula is C18H16N4O3S. The first kappa shape index (κ1) is 17.7. The molecule has 3 rings (SSSR count). The van der Waals surface area contributed by atoms with Crippen LogP contribution in [-0.2, 0) is 4.79 Å². The average molecular weight is 368 g/mol. The van der Waals surface area contributed by atoms with Crippen LogP contribution in [0.1, 0.15) is 6.92 Å². The number of imide groups is 1. The average Bonchev–Trinajstić information content (AvgIpc) is 3.11. The highest BCUT2D eigenvalue weighted by Crippen LogP contribution is 2.25. The number of rotatable bonds is 5. The number of thioether (sulfide) groups is 1. The zero-order valence-electron chi connectivity index (χ0n) is 13.9. The molecular weight excluding hydrogens is 352 g/mol. The lowest BCUT2D eigenvalue weighted by Crippen LogP contribution is -2.38. The summed E-state index contributed by atoms with van der Waals surface area (Å²) in [5.41, 5.74) is 1.40. The Kier molecular flexibility index (Phi) is 5.65. The Hall–Kier alpha value is -3.13. The molecule has 8 heteroatoms. The normalized spacial score (nSPS) is 11.6. The van der Waals surface area contributed by atoms with Crippen LogP contribution in [-0.4, -0.2) is 27.4 Å². The summed E-state index contributed by atoms with van der Waals surface area (Å²) in [6.45, 7) is 1.65. The van der Waals surface area contributed by atoms with Crippen LogP contribution in [0.25, 0.3) is 11.5 Å². The molecule has 7 nitrogen and oxygen atoms in total. The zero-order chi connectivity index (χ0) is 18.4. The number of hydrogen-bond acceptors (Lipinski definition) is 6. The quantitative estimate of drug-likeness (QED) is 0.668. The van der Waals surface area contributed by atoms with E-state index in [0.29, 0.717) is 11.6 Å². The summed E-state index contributed by atoms with van der Waals surface area (Å²) in [4.78, 5) is 24.0. The highest BCUT2D eigenvalue weighted by Gasteiger charge is 2.20. The molecule has 3 amide bonds.